The molecule has 0 aliphatic rings. The smallest absolute Gasteiger partial charge is 0.126 e. The summed E-state index contributed by atoms with van der Waals surface area (Å²) in [6.45, 7) is 4.18. The third kappa shape index (κ3) is 3.09. The van der Waals surface area contributed by atoms with E-state index in [0.29, 0.717) is 10.9 Å². The third-order valence-electron chi connectivity index (χ3n) is 2.75. The first-order chi connectivity index (χ1) is 8.01. The van der Waals surface area contributed by atoms with Gasteiger partial charge in [-0.1, -0.05) is 32.1 Å². The van der Waals surface area contributed by atoms with Gasteiger partial charge in [-0.3, -0.25) is 0 Å². The lowest BCUT2D eigenvalue weighted by Gasteiger charge is -2.22. The predicted molar refractivity (Wildman–Crippen MR) is 73.9 cm³/mol. The van der Waals surface area contributed by atoms with Crippen LogP contribution >= 0.6 is 12.2 Å². The van der Waals surface area contributed by atoms with Gasteiger partial charge in [0.05, 0.1) is 19.2 Å². The maximum atomic E-state index is 5.81. The largest absolute Gasteiger partial charge is 0.497 e. The van der Waals surface area contributed by atoms with Crippen LogP contribution in [0.3, 0.4) is 0 Å². The van der Waals surface area contributed by atoms with Crippen molar-refractivity contribution in [2.24, 2.45) is 11.7 Å². The van der Waals surface area contributed by atoms with Crippen molar-refractivity contribution in [1.82, 2.24) is 0 Å². The van der Waals surface area contributed by atoms with Crippen LogP contribution in [0.5, 0.6) is 11.5 Å². The first-order valence-corrected chi connectivity index (χ1v) is 5.93. The summed E-state index contributed by atoms with van der Waals surface area (Å²) < 4.78 is 10.5. The van der Waals surface area contributed by atoms with Gasteiger partial charge >= 0.3 is 0 Å². The lowest BCUT2D eigenvalue weighted by atomic mass is 9.88. The van der Waals surface area contributed by atoms with E-state index in [4.69, 9.17) is 27.4 Å². The molecule has 2 N–H and O–H groups in total. The Morgan fingerprint density at radius 2 is 1.88 bits per heavy atom. The number of methoxy groups -OCH3 is 2. The monoisotopic (exact) mass is 253 g/mol. The van der Waals surface area contributed by atoms with E-state index in [1.54, 1.807) is 14.2 Å². The fourth-order valence-electron chi connectivity index (χ4n) is 1.92. The Labute approximate surface area is 108 Å². The third-order valence-corrected chi connectivity index (χ3v) is 3.00. The topological polar surface area (TPSA) is 44.5 Å². The van der Waals surface area contributed by atoms with Crippen LogP contribution in [0.2, 0.25) is 0 Å². The molecule has 1 aromatic carbocycles. The highest BCUT2D eigenvalue weighted by Crippen LogP contribution is 2.34. The van der Waals surface area contributed by atoms with Gasteiger partial charge in [0.2, 0.25) is 0 Å². The summed E-state index contributed by atoms with van der Waals surface area (Å²) in [4.78, 5) is 0.489. The highest BCUT2D eigenvalue weighted by Gasteiger charge is 2.22. The number of ether oxygens (including phenoxy) is 2. The molecule has 0 radical (unpaired) electrons. The fraction of sp³-hybridized carbons (Fsp3) is 0.462. The molecule has 0 bridgehead atoms. The van der Waals surface area contributed by atoms with E-state index < -0.39 is 0 Å². The number of hydrogen-bond donors (Lipinski definition) is 1. The summed E-state index contributed by atoms with van der Waals surface area (Å²) >= 11 is 5.13. The Morgan fingerprint density at radius 1 is 1.24 bits per heavy atom. The molecule has 0 aromatic heterocycles. The maximum absolute atomic E-state index is 5.81. The van der Waals surface area contributed by atoms with Crippen molar-refractivity contribution in [1.29, 1.82) is 0 Å². The summed E-state index contributed by atoms with van der Waals surface area (Å²) in [5.41, 5.74) is 6.82. The van der Waals surface area contributed by atoms with Crippen molar-refractivity contribution >= 4 is 17.2 Å². The molecular weight excluding hydrogens is 234 g/mol. The van der Waals surface area contributed by atoms with Crippen molar-refractivity contribution in [3.8, 4) is 11.5 Å². The highest BCUT2D eigenvalue weighted by atomic mass is 32.1. The van der Waals surface area contributed by atoms with Gasteiger partial charge in [0.15, 0.2) is 0 Å². The molecule has 94 valence electrons. The van der Waals surface area contributed by atoms with Gasteiger partial charge < -0.3 is 15.2 Å². The van der Waals surface area contributed by atoms with Crippen molar-refractivity contribution in [2.75, 3.05) is 14.2 Å². The lowest BCUT2D eigenvalue weighted by Crippen LogP contribution is -2.24. The van der Waals surface area contributed by atoms with E-state index in [0.717, 1.165) is 17.1 Å². The molecule has 0 saturated carbocycles. The van der Waals surface area contributed by atoms with Crippen LogP contribution in [0.25, 0.3) is 0 Å². The zero-order valence-electron chi connectivity index (χ0n) is 10.7. The van der Waals surface area contributed by atoms with Crippen molar-refractivity contribution < 1.29 is 9.47 Å². The molecule has 0 aliphatic heterocycles. The molecule has 4 heteroatoms. The average molecular weight is 253 g/mol. The van der Waals surface area contributed by atoms with Crippen molar-refractivity contribution in [3.05, 3.63) is 23.8 Å². The molecule has 1 atom stereocenters. The highest BCUT2D eigenvalue weighted by molar-refractivity contribution is 7.80. The predicted octanol–water partition coefficient (Wildman–Crippen LogP) is 2.73. The van der Waals surface area contributed by atoms with Gasteiger partial charge in [-0.25, -0.2) is 0 Å². The standard InChI is InChI=1S/C13H19NO2S/c1-8(2)12(13(14)17)10-6-5-9(15-3)7-11(10)16-4/h5-8,12H,1-4H3,(H2,14,17). The fourth-order valence-corrected chi connectivity index (χ4v) is 2.32. The molecular formula is C13H19NO2S. The summed E-state index contributed by atoms with van der Waals surface area (Å²) in [6, 6.07) is 5.70. The first-order valence-electron chi connectivity index (χ1n) is 5.52. The summed E-state index contributed by atoms with van der Waals surface area (Å²) in [5.74, 6) is 1.87. The molecule has 1 rings (SSSR count). The quantitative estimate of drug-likeness (QED) is 0.819. The normalized spacial score (nSPS) is 12.3. The van der Waals surface area contributed by atoms with Crippen LogP contribution < -0.4 is 15.2 Å². The van der Waals surface area contributed by atoms with Gasteiger partial charge in [0.25, 0.3) is 0 Å². The average Bonchev–Trinajstić information content (AvgIpc) is 2.28. The van der Waals surface area contributed by atoms with Crippen molar-refractivity contribution in [3.63, 3.8) is 0 Å². The number of hydrogen-bond acceptors (Lipinski definition) is 3. The van der Waals surface area contributed by atoms with E-state index in [1.807, 2.05) is 18.2 Å². The number of benzene rings is 1. The van der Waals surface area contributed by atoms with E-state index in [2.05, 4.69) is 13.8 Å². The molecule has 0 spiro atoms. The van der Waals surface area contributed by atoms with Crippen LogP contribution in [0.4, 0.5) is 0 Å². The van der Waals surface area contributed by atoms with Gasteiger partial charge in [-0.2, -0.15) is 0 Å². The Bertz CT molecular complexity index is 404. The molecule has 1 unspecified atom stereocenters. The number of thiocarbonyl (C=S) groups is 1. The maximum Gasteiger partial charge on any atom is 0.126 e. The van der Waals surface area contributed by atoms with E-state index in [-0.39, 0.29) is 5.92 Å². The molecule has 3 nitrogen and oxygen atoms in total. The number of rotatable bonds is 5. The zero-order valence-corrected chi connectivity index (χ0v) is 11.5. The molecule has 1 aromatic rings. The second-order valence-corrected chi connectivity index (χ2v) is 4.70. The Hall–Kier alpha value is -1.29. The van der Waals surface area contributed by atoms with E-state index in [1.165, 1.54) is 0 Å². The molecule has 0 heterocycles. The first kappa shape index (κ1) is 13.8. The van der Waals surface area contributed by atoms with Crippen LogP contribution in [0, 0.1) is 5.92 Å². The second kappa shape index (κ2) is 5.87. The van der Waals surface area contributed by atoms with E-state index in [9.17, 15) is 0 Å². The molecule has 17 heavy (non-hydrogen) atoms. The Morgan fingerprint density at radius 3 is 2.29 bits per heavy atom. The summed E-state index contributed by atoms with van der Waals surface area (Å²) in [5, 5.41) is 0. The van der Waals surface area contributed by atoms with Crippen LogP contribution in [0.15, 0.2) is 18.2 Å². The summed E-state index contributed by atoms with van der Waals surface area (Å²) in [6.07, 6.45) is 0. The second-order valence-electron chi connectivity index (χ2n) is 4.23. The molecule has 0 amide bonds. The van der Waals surface area contributed by atoms with Crippen LogP contribution in [-0.4, -0.2) is 19.2 Å². The van der Waals surface area contributed by atoms with Crippen LogP contribution in [-0.2, 0) is 0 Å². The zero-order chi connectivity index (χ0) is 13.0. The minimum Gasteiger partial charge on any atom is -0.497 e. The molecule has 0 aliphatic carbocycles. The van der Waals surface area contributed by atoms with Gasteiger partial charge in [-0.05, 0) is 12.0 Å². The SMILES string of the molecule is COc1ccc(C(C(N)=S)C(C)C)c(OC)c1. The Kier molecular flexibility index (Phi) is 4.75. The van der Waals surface area contributed by atoms with Crippen molar-refractivity contribution in [2.45, 2.75) is 19.8 Å². The number of nitrogens with two attached hydrogens (primary N) is 1. The molecule has 0 saturated heterocycles. The minimum absolute atomic E-state index is 0.0193. The lowest BCUT2D eigenvalue weighted by molar-refractivity contribution is 0.388. The Balaban J connectivity index is 3.23. The van der Waals surface area contributed by atoms with Gasteiger partial charge in [0, 0.05) is 17.5 Å². The summed E-state index contributed by atoms with van der Waals surface area (Å²) in [7, 11) is 3.26. The van der Waals surface area contributed by atoms with Gasteiger partial charge in [0.1, 0.15) is 11.5 Å². The van der Waals surface area contributed by atoms with E-state index >= 15 is 0 Å². The van der Waals surface area contributed by atoms with Crippen LogP contribution in [0.1, 0.15) is 25.3 Å². The van der Waals surface area contributed by atoms with Gasteiger partial charge in [-0.15, -0.1) is 0 Å². The molecule has 0 fully saturated rings. The minimum atomic E-state index is 0.0193.